The predicted octanol–water partition coefficient (Wildman–Crippen LogP) is 0.582. The minimum atomic E-state index is -3.59. The number of sulfonamides is 1. The summed E-state index contributed by atoms with van der Waals surface area (Å²) in [5.74, 6) is 0.237. The zero-order valence-corrected chi connectivity index (χ0v) is 17.1. The van der Waals surface area contributed by atoms with Gasteiger partial charge in [0.25, 0.3) is 10.0 Å². The summed E-state index contributed by atoms with van der Waals surface area (Å²) < 4.78 is 34.1. The lowest BCUT2D eigenvalue weighted by Crippen LogP contribution is -3.15. The van der Waals surface area contributed by atoms with Crippen molar-refractivity contribution in [3.05, 3.63) is 65.7 Å². The zero-order chi connectivity index (χ0) is 20.4. The maximum absolute atomic E-state index is 12.3. The van der Waals surface area contributed by atoms with Crippen LogP contribution in [0.1, 0.15) is 22.8 Å². The molecule has 0 spiro atoms. The van der Waals surface area contributed by atoms with Gasteiger partial charge in [-0.25, -0.2) is 4.79 Å². The lowest BCUT2D eigenvalue weighted by Gasteiger charge is -2.34. The van der Waals surface area contributed by atoms with Crippen LogP contribution >= 0.6 is 0 Å². The highest BCUT2D eigenvalue weighted by Crippen LogP contribution is 2.27. The van der Waals surface area contributed by atoms with Crippen molar-refractivity contribution in [3.63, 3.8) is 0 Å². The molecule has 152 valence electrons. The molecule has 1 saturated heterocycles. The number of esters is 1. The fourth-order valence-corrected chi connectivity index (χ4v) is 5.06. The number of fused-ring (bicyclic) bond motifs is 1. The maximum atomic E-state index is 12.3. The van der Waals surface area contributed by atoms with Crippen molar-refractivity contribution in [3.8, 4) is 0 Å². The highest BCUT2D eigenvalue weighted by molar-refractivity contribution is 7.90. The van der Waals surface area contributed by atoms with Crippen LogP contribution in [0.3, 0.4) is 0 Å². The Hall–Kier alpha value is -2.71. The number of hydrogen-bond acceptors (Lipinski definition) is 5. The van der Waals surface area contributed by atoms with E-state index >= 15 is 0 Å². The minimum Gasteiger partial charge on any atom is -0.453 e. The Balaban J connectivity index is 1.33. The molecule has 1 atom stereocenters. The lowest BCUT2D eigenvalue weighted by atomic mass is 10.1. The number of amidine groups is 1. The first kappa shape index (κ1) is 19.6. The van der Waals surface area contributed by atoms with Crippen LogP contribution in [-0.2, 0) is 14.8 Å². The van der Waals surface area contributed by atoms with E-state index in [0.29, 0.717) is 36.6 Å². The van der Waals surface area contributed by atoms with Gasteiger partial charge in [-0.05, 0) is 31.2 Å². The number of piperazine rings is 1. The van der Waals surface area contributed by atoms with Crippen LogP contribution in [-0.4, -0.2) is 64.0 Å². The average Bonchev–Trinajstić information content (AvgIpc) is 3.00. The molecule has 2 aromatic rings. The maximum Gasteiger partial charge on any atom is 0.338 e. The number of quaternary nitrogens is 1. The largest absolute Gasteiger partial charge is 0.453 e. The van der Waals surface area contributed by atoms with E-state index in [2.05, 4.69) is 4.40 Å². The highest BCUT2D eigenvalue weighted by atomic mass is 32.2. The van der Waals surface area contributed by atoms with Gasteiger partial charge in [-0.3, -0.25) is 0 Å². The zero-order valence-electron chi connectivity index (χ0n) is 16.2. The van der Waals surface area contributed by atoms with Crippen LogP contribution in [0.2, 0.25) is 0 Å². The monoisotopic (exact) mass is 414 g/mol. The van der Waals surface area contributed by atoms with Crippen molar-refractivity contribution >= 4 is 21.8 Å². The van der Waals surface area contributed by atoms with Crippen molar-refractivity contribution in [1.82, 2.24) is 4.90 Å². The highest BCUT2D eigenvalue weighted by Gasteiger charge is 2.34. The van der Waals surface area contributed by atoms with E-state index in [9.17, 15) is 13.2 Å². The summed E-state index contributed by atoms with van der Waals surface area (Å²) in [7, 11) is -3.59. The molecule has 29 heavy (non-hydrogen) atoms. The van der Waals surface area contributed by atoms with E-state index in [1.165, 1.54) is 4.90 Å². The van der Waals surface area contributed by atoms with Gasteiger partial charge < -0.3 is 14.5 Å². The van der Waals surface area contributed by atoms with Gasteiger partial charge in [0.2, 0.25) is 0 Å². The van der Waals surface area contributed by atoms with E-state index in [1.807, 2.05) is 42.2 Å². The number of carbonyl (C=O) groups excluding carboxylic acids is 1. The van der Waals surface area contributed by atoms with Gasteiger partial charge in [0, 0.05) is 5.56 Å². The molecule has 0 unspecified atom stereocenters. The second-order valence-corrected chi connectivity index (χ2v) is 8.98. The average molecular weight is 415 g/mol. The Kier molecular flexibility index (Phi) is 5.38. The van der Waals surface area contributed by atoms with Crippen LogP contribution in [0.4, 0.5) is 0 Å². The third-order valence-electron chi connectivity index (χ3n) is 5.28. The summed E-state index contributed by atoms with van der Waals surface area (Å²) in [5.41, 5.74) is 1.24. The fraction of sp³-hybridized carbons (Fsp3) is 0.333. The number of rotatable bonds is 4. The Morgan fingerprint density at radius 1 is 1.10 bits per heavy atom. The molecule has 0 bridgehead atoms. The second-order valence-electron chi connectivity index (χ2n) is 7.41. The van der Waals surface area contributed by atoms with Crippen LogP contribution in [0, 0.1) is 0 Å². The van der Waals surface area contributed by atoms with Crippen molar-refractivity contribution < 1.29 is 22.8 Å². The Morgan fingerprint density at radius 3 is 2.48 bits per heavy atom. The van der Waals surface area contributed by atoms with Gasteiger partial charge in [0.05, 0.1) is 31.7 Å². The first-order chi connectivity index (χ1) is 13.9. The van der Waals surface area contributed by atoms with E-state index < -0.39 is 10.0 Å². The first-order valence-corrected chi connectivity index (χ1v) is 11.2. The first-order valence-electron chi connectivity index (χ1n) is 9.73. The molecule has 0 saturated carbocycles. The van der Waals surface area contributed by atoms with Gasteiger partial charge in [-0.15, -0.1) is 4.40 Å². The molecule has 0 radical (unpaired) electrons. The van der Waals surface area contributed by atoms with Crippen molar-refractivity contribution in [1.29, 1.82) is 0 Å². The molecule has 1 fully saturated rings. The standard InChI is InChI=1S/C21H23N3O4S/c1-16(28-21(25)17-7-3-2-4-8-17)15-23-11-13-24(14-12-23)20-18-9-5-6-10-19(18)29(26,27)22-20/h2-10,16H,11-15H2,1H3/p+1/t16-/m1/s1. The van der Waals surface area contributed by atoms with E-state index in [4.69, 9.17) is 4.74 Å². The summed E-state index contributed by atoms with van der Waals surface area (Å²) >= 11 is 0. The lowest BCUT2D eigenvalue weighted by molar-refractivity contribution is -0.906. The van der Waals surface area contributed by atoms with Crippen LogP contribution in [0.15, 0.2) is 63.9 Å². The second kappa shape index (κ2) is 7.96. The molecular formula is C21H24N3O4S+. The van der Waals surface area contributed by atoms with Gasteiger partial charge >= 0.3 is 5.97 Å². The molecule has 2 heterocycles. The van der Waals surface area contributed by atoms with E-state index in [0.717, 1.165) is 13.1 Å². The fourth-order valence-electron chi connectivity index (χ4n) is 3.83. The normalized spacial score (nSPS) is 19.3. The van der Waals surface area contributed by atoms with Gasteiger partial charge in [0.15, 0.2) is 5.84 Å². The molecule has 7 nitrogen and oxygen atoms in total. The molecule has 2 aromatic carbocycles. The van der Waals surface area contributed by atoms with Gasteiger partial charge in [-0.1, -0.05) is 30.3 Å². The summed E-state index contributed by atoms with van der Waals surface area (Å²) in [6.07, 6.45) is -0.200. The summed E-state index contributed by atoms with van der Waals surface area (Å²) in [4.78, 5) is 15.8. The Labute approximate surface area is 170 Å². The molecule has 2 aliphatic heterocycles. The summed E-state index contributed by atoms with van der Waals surface area (Å²) in [5, 5.41) is 0. The predicted molar refractivity (Wildman–Crippen MR) is 109 cm³/mol. The smallest absolute Gasteiger partial charge is 0.338 e. The van der Waals surface area contributed by atoms with Crippen molar-refractivity contribution in [2.45, 2.75) is 17.9 Å². The number of nitrogens with one attached hydrogen (secondary N) is 1. The van der Waals surface area contributed by atoms with E-state index in [1.54, 1.807) is 24.3 Å². The molecule has 0 aromatic heterocycles. The molecule has 4 rings (SSSR count). The Bertz CT molecular complexity index is 1030. The van der Waals surface area contributed by atoms with Gasteiger partial charge in [-0.2, -0.15) is 8.42 Å². The summed E-state index contributed by atoms with van der Waals surface area (Å²) in [6, 6.07) is 15.9. The van der Waals surface area contributed by atoms with Crippen LogP contribution in [0.5, 0.6) is 0 Å². The molecule has 8 heteroatoms. The molecule has 0 amide bonds. The number of nitrogens with zero attached hydrogens (tertiary/aromatic N) is 2. The third-order valence-corrected chi connectivity index (χ3v) is 6.60. The van der Waals surface area contributed by atoms with Gasteiger partial charge in [0.1, 0.15) is 17.5 Å². The van der Waals surface area contributed by atoms with Crippen LogP contribution in [0.25, 0.3) is 0 Å². The third kappa shape index (κ3) is 4.18. The van der Waals surface area contributed by atoms with Crippen molar-refractivity contribution in [2.75, 3.05) is 32.7 Å². The number of hydrogen-bond donors (Lipinski definition) is 1. The molecule has 1 N–H and O–H groups in total. The number of carbonyl (C=O) groups is 1. The number of ether oxygens (including phenoxy) is 1. The Morgan fingerprint density at radius 2 is 1.76 bits per heavy atom. The SMILES string of the molecule is C[C@H](C[NH+]1CCN(C2=NS(=O)(=O)c3ccccc32)CC1)OC(=O)c1ccccc1. The minimum absolute atomic E-state index is 0.200. The molecule has 0 aliphatic carbocycles. The molecule has 2 aliphatic rings. The van der Waals surface area contributed by atoms with Crippen molar-refractivity contribution in [2.24, 2.45) is 4.40 Å². The quantitative estimate of drug-likeness (QED) is 0.741. The molecular weight excluding hydrogens is 390 g/mol. The summed E-state index contributed by atoms with van der Waals surface area (Å²) in [6.45, 7) is 5.69. The van der Waals surface area contributed by atoms with E-state index in [-0.39, 0.29) is 17.0 Å². The topological polar surface area (TPSA) is 80.5 Å². The number of benzene rings is 2. The van der Waals surface area contributed by atoms with Crippen LogP contribution < -0.4 is 4.90 Å².